The van der Waals surface area contributed by atoms with Crippen LogP contribution in [0.15, 0.2) is 24.4 Å². The third-order valence-corrected chi connectivity index (χ3v) is 2.77. The Hall–Kier alpha value is -2.32. The van der Waals surface area contributed by atoms with E-state index in [1.54, 1.807) is 18.3 Å². The minimum Gasteiger partial charge on any atom is -0.377 e. The molecular weight excluding hydrogens is 298 g/mol. The average Bonchev–Trinajstić information content (AvgIpc) is 2.45. The summed E-state index contributed by atoms with van der Waals surface area (Å²) >= 11 is 5.84. The molecule has 21 heavy (non-hydrogen) atoms. The summed E-state index contributed by atoms with van der Waals surface area (Å²) in [5, 5.41) is 13.7. The third kappa shape index (κ3) is 3.83. The van der Waals surface area contributed by atoms with Crippen LogP contribution < -0.4 is 5.32 Å². The van der Waals surface area contributed by atoms with E-state index in [4.69, 9.17) is 16.3 Å². The molecule has 9 heteroatoms. The van der Waals surface area contributed by atoms with Gasteiger partial charge in [0, 0.05) is 13.3 Å². The molecule has 0 radical (unpaired) electrons. The van der Waals surface area contributed by atoms with Gasteiger partial charge >= 0.3 is 5.69 Å². The molecule has 0 unspecified atom stereocenters. The Labute approximate surface area is 125 Å². The van der Waals surface area contributed by atoms with Crippen molar-refractivity contribution in [3.8, 4) is 0 Å². The standard InChI is InChI=1S/C12H12ClN5O3/c1-21-7-9-16-11(13)10(18(19)20)12(17-9)15-6-8-4-2-3-5-14-8/h2-5H,6-7H2,1H3,(H,15,16,17). The van der Waals surface area contributed by atoms with Gasteiger partial charge in [0.15, 0.2) is 5.82 Å². The molecule has 0 amide bonds. The molecule has 0 bridgehead atoms. The number of nitro groups is 1. The Balaban J connectivity index is 2.28. The van der Waals surface area contributed by atoms with Gasteiger partial charge in [-0.05, 0) is 12.1 Å². The van der Waals surface area contributed by atoms with Crippen molar-refractivity contribution in [2.75, 3.05) is 12.4 Å². The maximum atomic E-state index is 11.1. The van der Waals surface area contributed by atoms with E-state index in [9.17, 15) is 10.1 Å². The first-order chi connectivity index (χ1) is 10.1. The molecule has 2 rings (SSSR count). The quantitative estimate of drug-likeness (QED) is 0.495. The number of hydrogen-bond acceptors (Lipinski definition) is 7. The van der Waals surface area contributed by atoms with Crippen molar-refractivity contribution in [1.29, 1.82) is 0 Å². The highest BCUT2D eigenvalue weighted by Crippen LogP contribution is 2.29. The molecule has 8 nitrogen and oxygen atoms in total. The molecule has 2 heterocycles. The van der Waals surface area contributed by atoms with E-state index < -0.39 is 4.92 Å². The lowest BCUT2D eigenvalue weighted by Crippen LogP contribution is -2.09. The minimum atomic E-state index is -0.625. The number of rotatable bonds is 6. The average molecular weight is 310 g/mol. The van der Waals surface area contributed by atoms with Crippen LogP contribution in [-0.4, -0.2) is 27.0 Å². The number of nitrogens with zero attached hydrogens (tertiary/aromatic N) is 4. The minimum absolute atomic E-state index is 0.0395. The predicted molar refractivity (Wildman–Crippen MR) is 76.0 cm³/mol. The highest BCUT2D eigenvalue weighted by Gasteiger charge is 2.23. The number of methoxy groups -OCH3 is 1. The SMILES string of the molecule is COCc1nc(Cl)c([N+](=O)[O-])c(NCc2ccccn2)n1. The summed E-state index contributed by atoms with van der Waals surface area (Å²) in [4.78, 5) is 22.5. The molecule has 0 aliphatic carbocycles. The number of hydrogen-bond donors (Lipinski definition) is 1. The van der Waals surface area contributed by atoms with Crippen molar-refractivity contribution >= 4 is 23.1 Å². The van der Waals surface area contributed by atoms with Gasteiger partial charge in [-0.1, -0.05) is 17.7 Å². The molecule has 0 atom stereocenters. The second-order valence-electron chi connectivity index (χ2n) is 3.99. The smallest absolute Gasteiger partial charge is 0.348 e. The molecule has 0 spiro atoms. The molecule has 0 fully saturated rings. The summed E-state index contributed by atoms with van der Waals surface area (Å²) < 4.78 is 4.91. The Kier molecular flexibility index (Phi) is 4.96. The number of anilines is 1. The Morgan fingerprint density at radius 2 is 2.24 bits per heavy atom. The summed E-state index contributed by atoms with van der Waals surface area (Å²) in [5.74, 6) is 0.300. The molecule has 0 saturated carbocycles. The molecule has 0 aliphatic rings. The van der Waals surface area contributed by atoms with Crippen LogP contribution in [0.1, 0.15) is 11.5 Å². The lowest BCUT2D eigenvalue weighted by Gasteiger charge is -2.08. The fourth-order valence-electron chi connectivity index (χ4n) is 1.63. The van der Waals surface area contributed by atoms with Gasteiger partial charge in [0.1, 0.15) is 6.61 Å². The van der Waals surface area contributed by atoms with E-state index in [1.807, 2.05) is 6.07 Å². The Morgan fingerprint density at radius 1 is 1.43 bits per heavy atom. The van der Waals surface area contributed by atoms with Gasteiger partial charge in [-0.15, -0.1) is 0 Å². The number of aromatic nitrogens is 3. The van der Waals surface area contributed by atoms with Crippen molar-refractivity contribution in [3.05, 3.63) is 51.2 Å². The maximum Gasteiger partial charge on any atom is 0.348 e. The predicted octanol–water partition coefficient (Wildman–Crippen LogP) is 2.19. The van der Waals surface area contributed by atoms with Crippen LogP contribution in [0.3, 0.4) is 0 Å². The van der Waals surface area contributed by atoms with Crippen molar-refractivity contribution in [2.24, 2.45) is 0 Å². The zero-order chi connectivity index (χ0) is 15.2. The van der Waals surface area contributed by atoms with Gasteiger partial charge in [-0.25, -0.2) is 9.97 Å². The lowest BCUT2D eigenvalue weighted by molar-refractivity contribution is -0.384. The van der Waals surface area contributed by atoms with E-state index in [0.29, 0.717) is 0 Å². The first-order valence-electron chi connectivity index (χ1n) is 5.95. The number of ether oxygens (including phenoxy) is 1. The van der Waals surface area contributed by atoms with E-state index in [1.165, 1.54) is 7.11 Å². The molecule has 0 saturated heterocycles. The molecular formula is C12H12ClN5O3. The second kappa shape index (κ2) is 6.91. The second-order valence-corrected chi connectivity index (χ2v) is 4.35. The lowest BCUT2D eigenvalue weighted by atomic mass is 10.3. The van der Waals surface area contributed by atoms with E-state index in [2.05, 4.69) is 20.3 Å². The van der Waals surface area contributed by atoms with Crippen molar-refractivity contribution in [2.45, 2.75) is 13.2 Å². The van der Waals surface area contributed by atoms with E-state index in [-0.39, 0.29) is 35.6 Å². The van der Waals surface area contributed by atoms with Gasteiger partial charge < -0.3 is 10.1 Å². The van der Waals surface area contributed by atoms with Gasteiger partial charge in [0.05, 0.1) is 17.2 Å². The zero-order valence-corrected chi connectivity index (χ0v) is 11.9. The van der Waals surface area contributed by atoms with E-state index in [0.717, 1.165) is 5.69 Å². The van der Waals surface area contributed by atoms with Crippen molar-refractivity contribution < 1.29 is 9.66 Å². The van der Waals surface area contributed by atoms with Crippen molar-refractivity contribution in [3.63, 3.8) is 0 Å². The summed E-state index contributed by atoms with van der Waals surface area (Å²) in [5.41, 5.74) is 0.349. The third-order valence-electron chi connectivity index (χ3n) is 2.51. The molecule has 0 aromatic carbocycles. The van der Waals surface area contributed by atoms with Gasteiger partial charge in [0.2, 0.25) is 11.0 Å². The summed E-state index contributed by atoms with van der Waals surface area (Å²) in [6.45, 7) is 0.386. The fraction of sp³-hybridized carbons (Fsp3) is 0.250. The maximum absolute atomic E-state index is 11.1. The van der Waals surface area contributed by atoms with Crippen molar-refractivity contribution in [1.82, 2.24) is 15.0 Å². The summed E-state index contributed by atoms with van der Waals surface area (Å²) in [6, 6.07) is 5.39. The van der Waals surface area contributed by atoms with Crippen LogP contribution in [0.25, 0.3) is 0 Å². The monoisotopic (exact) mass is 309 g/mol. The first-order valence-corrected chi connectivity index (χ1v) is 6.33. The Bertz CT molecular complexity index is 638. The molecule has 0 aliphatic heterocycles. The number of nitrogens with one attached hydrogen (secondary N) is 1. The van der Waals surface area contributed by atoms with Crippen LogP contribution >= 0.6 is 11.6 Å². The highest BCUT2D eigenvalue weighted by atomic mass is 35.5. The summed E-state index contributed by atoms with van der Waals surface area (Å²) in [6.07, 6.45) is 1.63. The van der Waals surface area contributed by atoms with Crippen LogP contribution in [-0.2, 0) is 17.9 Å². The molecule has 2 aromatic heterocycles. The number of pyridine rings is 1. The first kappa shape index (κ1) is 15.1. The van der Waals surface area contributed by atoms with Gasteiger partial charge in [-0.3, -0.25) is 15.1 Å². The highest BCUT2D eigenvalue weighted by molar-refractivity contribution is 6.31. The topological polar surface area (TPSA) is 103 Å². The van der Waals surface area contributed by atoms with Crippen LogP contribution in [0, 0.1) is 10.1 Å². The zero-order valence-electron chi connectivity index (χ0n) is 11.1. The van der Waals surface area contributed by atoms with E-state index >= 15 is 0 Å². The summed E-state index contributed by atoms with van der Waals surface area (Å²) in [7, 11) is 1.47. The largest absolute Gasteiger partial charge is 0.377 e. The van der Waals surface area contributed by atoms with Crippen LogP contribution in [0.2, 0.25) is 5.15 Å². The Morgan fingerprint density at radius 3 is 2.86 bits per heavy atom. The molecule has 110 valence electrons. The normalized spacial score (nSPS) is 10.4. The van der Waals surface area contributed by atoms with Gasteiger partial charge in [0.25, 0.3) is 0 Å². The van der Waals surface area contributed by atoms with Crippen LogP contribution in [0.4, 0.5) is 11.5 Å². The molecule has 2 aromatic rings. The van der Waals surface area contributed by atoms with Gasteiger partial charge in [-0.2, -0.15) is 0 Å². The fourth-order valence-corrected chi connectivity index (χ4v) is 1.88. The molecule has 1 N–H and O–H groups in total. The number of halogens is 1. The van der Waals surface area contributed by atoms with Crippen LogP contribution in [0.5, 0.6) is 0 Å².